The van der Waals surface area contributed by atoms with E-state index in [-0.39, 0.29) is 12.1 Å². The van der Waals surface area contributed by atoms with Crippen molar-refractivity contribution < 1.29 is 4.74 Å². The molecule has 2 atom stereocenters. The number of thiocarbonyl (C=S) groups is 1. The standard InChI is InChI=1S/C30H24ClN5OS/c1-20-7-12-23(13-8-20)37-24-14-10-22(11-15-24)36-29(28(34-30(36)38)25-5-2-3-17-32-25)26-6-4-18-35(26)27-16-9-21(31)19-33-27/h2-19,28-29H,1H3,(H,34,38)/t28-,29+/m0/s1. The van der Waals surface area contributed by atoms with E-state index in [1.54, 1.807) is 12.4 Å². The molecule has 4 heterocycles. The Hall–Kier alpha value is -4.20. The summed E-state index contributed by atoms with van der Waals surface area (Å²) < 4.78 is 8.12. The molecule has 6 nitrogen and oxygen atoms in total. The molecule has 0 bridgehead atoms. The van der Waals surface area contributed by atoms with Crippen molar-refractivity contribution in [3.05, 3.63) is 132 Å². The molecule has 0 radical (unpaired) electrons. The maximum atomic E-state index is 6.11. The summed E-state index contributed by atoms with van der Waals surface area (Å²) in [6.45, 7) is 2.06. The maximum Gasteiger partial charge on any atom is 0.174 e. The average Bonchev–Trinajstić information content (AvgIpc) is 3.56. The van der Waals surface area contributed by atoms with Gasteiger partial charge in [0.15, 0.2) is 5.11 Å². The number of anilines is 1. The first-order chi connectivity index (χ1) is 18.6. The molecule has 5 aromatic rings. The molecule has 1 aliphatic rings. The molecule has 1 saturated heterocycles. The Morgan fingerprint density at radius 1 is 0.868 bits per heavy atom. The lowest BCUT2D eigenvalue weighted by Crippen LogP contribution is -2.30. The summed E-state index contributed by atoms with van der Waals surface area (Å²) >= 11 is 12.0. The van der Waals surface area contributed by atoms with Gasteiger partial charge in [0.2, 0.25) is 0 Å². The number of pyridine rings is 2. The van der Waals surface area contributed by atoms with Crippen LogP contribution >= 0.6 is 23.8 Å². The molecule has 0 unspecified atom stereocenters. The highest BCUT2D eigenvalue weighted by Crippen LogP contribution is 2.42. The number of aromatic nitrogens is 3. The summed E-state index contributed by atoms with van der Waals surface area (Å²) in [7, 11) is 0. The predicted molar refractivity (Wildman–Crippen MR) is 154 cm³/mol. The molecule has 38 heavy (non-hydrogen) atoms. The van der Waals surface area contributed by atoms with Gasteiger partial charge in [0.25, 0.3) is 0 Å². The molecule has 8 heteroatoms. The fraction of sp³-hybridized carbons (Fsp3) is 0.100. The normalized spacial score (nSPS) is 16.9. The van der Waals surface area contributed by atoms with E-state index in [4.69, 9.17) is 28.6 Å². The van der Waals surface area contributed by atoms with Crippen LogP contribution in [0, 0.1) is 6.92 Å². The predicted octanol–water partition coefficient (Wildman–Crippen LogP) is 7.20. The van der Waals surface area contributed by atoms with E-state index in [2.05, 4.69) is 37.7 Å². The lowest BCUT2D eigenvalue weighted by molar-refractivity contribution is 0.482. The maximum absolute atomic E-state index is 6.11. The monoisotopic (exact) mass is 537 g/mol. The third-order valence-electron chi connectivity index (χ3n) is 6.51. The topological polar surface area (TPSA) is 55.2 Å². The highest BCUT2D eigenvalue weighted by molar-refractivity contribution is 7.80. The van der Waals surface area contributed by atoms with Crippen LogP contribution in [-0.4, -0.2) is 19.6 Å². The second-order valence-electron chi connectivity index (χ2n) is 9.04. The molecular formula is C30H24ClN5OS. The molecule has 188 valence electrons. The number of benzene rings is 2. The van der Waals surface area contributed by atoms with Gasteiger partial charge in [-0.05, 0) is 91.9 Å². The third-order valence-corrected chi connectivity index (χ3v) is 7.05. The Morgan fingerprint density at radius 2 is 1.63 bits per heavy atom. The lowest BCUT2D eigenvalue weighted by atomic mass is 10.0. The molecule has 1 N–H and O–H groups in total. The zero-order chi connectivity index (χ0) is 26.1. The number of nitrogens with zero attached hydrogens (tertiary/aromatic N) is 4. The van der Waals surface area contributed by atoms with Crippen molar-refractivity contribution in [3.8, 4) is 17.3 Å². The van der Waals surface area contributed by atoms with Crippen LogP contribution in [-0.2, 0) is 0 Å². The minimum atomic E-state index is -0.186. The minimum Gasteiger partial charge on any atom is -0.457 e. The van der Waals surface area contributed by atoms with E-state index in [0.717, 1.165) is 34.4 Å². The fourth-order valence-corrected chi connectivity index (χ4v) is 5.16. The number of ether oxygens (including phenoxy) is 1. The van der Waals surface area contributed by atoms with Crippen LogP contribution in [0.15, 0.2) is 110 Å². The highest BCUT2D eigenvalue weighted by atomic mass is 35.5. The first kappa shape index (κ1) is 24.2. The second-order valence-corrected chi connectivity index (χ2v) is 9.87. The third kappa shape index (κ3) is 4.74. The van der Waals surface area contributed by atoms with Crippen LogP contribution in [0.1, 0.15) is 29.0 Å². The van der Waals surface area contributed by atoms with E-state index >= 15 is 0 Å². The van der Waals surface area contributed by atoms with Crippen LogP contribution in [0.5, 0.6) is 11.5 Å². The molecule has 0 amide bonds. The van der Waals surface area contributed by atoms with Gasteiger partial charge in [0.1, 0.15) is 23.4 Å². The fourth-order valence-electron chi connectivity index (χ4n) is 4.70. The summed E-state index contributed by atoms with van der Waals surface area (Å²) in [5.74, 6) is 2.32. The van der Waals surface area contributed by atoms with Crippen molar-refractivity contribution in [1.29, 1.82) is 0 Å². The minimum absolute atomic E-state index is 0.173. The summed E-state index contributed by atoms with van der Waals surface area (Å²) in [5.41, 5.74) is 4.05. The first-order valence-electron chi connectivity index (χ1n) is 12.2. The van der Waals surface area contributed by atoms with Gasteiger partial charge in [0.05, 0.1) is 16.8 Å². The number of hydrogen-bond acceptors (Lipinski definition) is 4. The zero-order valence-corrected chi connectivity index (χ0v) is 22.1. The van der Waals surface area contributed by atoms with Gasteiger partial charge < -0.3 is 19.5 Å². The smallest absolute Gasteiger partial charge is 0.174 e. The Balaban J connectivity index is 1.38. The van der Waals surface area contributed by atoms with Crippen molar-refractivity contribution in [2.45, 2.75) is 19.0 Å². The number of halogens is 1. The van der Waals surface area contributed by atoms with Gasteiger partial charge in [0, 0.05) is 30.0 Å². The molecule has 0 saturated carbocycles. The van der Waals surface area contributed by atoms with Gasteiger partial charge in [-0.25, -0.2) is 4.98 Å². The highest BCUT2D eigenvalue weighted by Gasteiger charge is 2.42. The summed E-state index contributed by atoms with van der Waals surface area (Å²) in [5, 5.41) is 4.72. The van der Waals surface area contributed by atoms with E-state index in [9.17, 15) is 0 Å². The van der Waals surface area contributed by atoms with Gasteiger partial charge in [-0.15, -0.1) is 0 Å². The molecule has 6 rings (SSSR count). The van der Waals surface area contributed by atoms with Crippen molar-refractivity contribution in [1.82, 2.24) is 19.9 Å². The van der Waals surface area contributed by atoms with Gasteiger partial charge >= 0.3 is 0 Å². The molecule has 0 spiro atoms. The summed E-state index contributed by atoms with van der Waals surface area (Å²) in [6, 6.07) is 29.4. The largest absolute Gasteiger partial charge is 0.457 e. The quantitative estimate of drug-likeness (QED) is 0.231. The molecule has 3 aromatic heterocycles. The van der Waals surface area contributed by atoms with Crippen LogP contribution in [0.25, 0.3) is 5.82 Å². The van der Waals surface area contributed by atoms with E-state index in [1.165, 1.54) is 5.56 Å². The van der Waals surface area contributed by atoms with E-state index in [0.29, 0.717) is 10.1 Å². The Kier molecular flexibility index (Phi) is 6.54. The average molecular weight is 538 g/mol. The number of rotatable bonds is 6. The molecule has 1 aliphatic heterocycles. The van der Waals surface area contributed by atoms with Crippen LogP contribution in [0.4, 0.5) is 5.69 Å². The van der Waals surface area contributed by atoms with Crippen LogP contribution < -0.4 is 15.0 Å². The van der Waals surface area contributed by atoms with Gasteiger partial charge in [-0.2, -0.15) is 0 Å². The van der Waals surface area contributed by atoms with Crippen LogP contribution in [0.3, 0.4) is 0 Å². The summed E-state index contributed by atoms with van der Waals surface area (Å²) in [6.07, 6.45) is 5.45. The Labute approximate surface area is 231 Å². The zero-order valence-electron chi connectivity index (χ0n) is 20.5. The van der Waals surface area contributed by atoms with Crippen LogP contribution in [0.2, 0.25) is 5.02 Å². The van der Waals surface area contributed by atoms with Crippen molar-refractivity contribution >= 4 is 34.6 Å². The summed E-state index contributed by atoms with van der Waals surface area (Å²) in [4.78, 5) is 11.3. The molecule has 0 aliphatic carbocycles. The number of nitrogens with one attached hydrogen (secondary N) is 1. The molecule has 1 fully saturated rings. The number of aryl methyl sites for hydroxylation is 1. The van der Waals surface area contributed by atoms with Gasteiger partial charge in [-0.1, -0.05) is 35.4 Å². The second kappa shape index (κ2) is 10.3. The number of hydrogen-bond donors (Lipinski definition) is 1. The van der Waals surface area contributed by atoms with Crippen molar-refractivity contribution in [2.24, 2.45) is 0 Å². The molecule has 2 aromatic carbocycles. The molecular weight excluding hydrogens is 514 g/mol. The van der Waals surface area contributed by atoms with Crippen molar-refractivity contribution in [3.63, 3.8) is 0 Å². The Bertz CT molecular complexity index is 1550. The first-order valence-corrected chi connectivity index (χ1v) is 13.0. The Morgan fingerprint density at radius 3 is 2.32 bits per heavy atom. The van der Waals surface area contributed by atoms with Gasteiger partial charge in [-0.3, -0.25) is 4.98 Å². The van der Waals surface area contributed by atoms with E-state index < -0.39 is 0 Å². The SMILES string of the molecule is Cc1ccc(Oc2ccc(N3C(=S)N[C@@H](c4ccccn4)[C@H]3c3cccn3-c3ccc(Cl)cn3)cc2)cc1. The van der Waals surface area contributed by atoms with E-state index in [1.807, 2.05) is 91.1 Å². The lowest BCUT2D eigenvalue weighted by Gasteiger charge is -2.29. The van der Waals surface area contributed by atoms with Crippen molar-refractivity contribution in [2.75, 3.05) is 4.90 Å².